The van der Waals surface area contributed by atoms with Gasteiger partial charge in [-0.3, -0.25) is 18.9 Å². The molecular weight excluding hydrogens is 384 g/mol. The van der Waals surface area contributed by atoms with E-state index < -0.39 is 27.2 Å². The monoisotopic (exact) mass is 408 g/mol. The highest BCUT2D eigenvalue weighted by atomic mass is 32.2. The summed E-state index contributed by atoms with van der Waals surface area (Å²) in [6.07, 6.45) is 1.13. The lowest BCUT2D eigenvalue weighted by atomic mass is 10.2. The largest absolute Gasteiger partial charge is 0.494 e. The number of aryl methyl sites for hydroxylation is 1. The number of benzene rings is 1. The van der Waals surface area contributed by atoms with Crippen LogP contribution in [-0.4, -0.2) is 46.3 Å². The van der Waals surface area contributed by atoms with Gasteiger partial charge in [-0.25, -0.2) is 13.2 Å². The Hall–Kier alpha value is -2.72. The van der Waals surface area contributed by atoms with E-state index >= 15 is 0 Å². The predicted molar refractivity (Wildman–Crippen MR) is 107 cm³/mol. The fourth-order valence-corrected chi connectivity index (χ4v) is 4.19. The highest BCUT2D eigenvalue weighted by molar-refractivity contribution is 7.89. The molecule has 0 aliphatic carbocycles. The molecule has 0 radical (unpaired) electrons. The standard InChI is InChI=1S/C18H24N4O5S/c1-6-22(7-2)28(26,27)13-9-8-12(3)15(10-13)19-11-14-16(23)20(4)18(25)21(5)17(14)24/h8-11,23H,6-7H2,1-5H3. The number of sulfonamides is 1. The SMILES string of the molecule is CCN(CC)S(=O)(=O)c1ccc(C)c(N=Cc2c(O)n(C)c(=O)n(C)c2=O)c1. The van der Waals surface area contributed by atoms with Gasteiger partial charge in [0.2, 0.25) is 15.9 Å². The molecule has 28 heavy (non-hydrogen) atoms. The molecule has 9 nitrogen and oxygen atoms in total. The number of hydrogen-bond acceptors (Lipinski definition) is 6. The van der Waals surface area contributed by atoms with Crippen molar-refractivity contribution < 1.29 is 13.5 Å². The molecule has 0 unspecified atom stereocenters. The summed E-state index contributed by atoms with van der Waals surface area (Å²) in [5.74, 6) is -0.513. The van der Waals surface area contributed by atoms with Gasteiger partial charge in [-0.1, -0.05) is 19.9 Å². The molecule has 0 amide bonds. The van der Waals surface area contributed by atoms with E-state index in [1.807, 2.05) is 0 Å². The Bertz CT molecular complexity index is 1140. The first-order chi connectivity index (χ1) is 13.1. The third kappa shape index (κ3) is 3.78. The van der Waals surface area contributed by atoms with Crippen LogP contribution in [0.15, 0.2) is 37.7 Å². The summed E-state index contributed by atoms with van der Waals surface area (Å²) in [5, 5.41) is 10.1. The molecule has 0 saturated carbocycles. The fourth-order valence-electron chi connectivity index (χ4n) is 2.71. The maximum Gasteiger partial charge on any atom is 0.333 e. The van der Waals surface area contributed by atoms with Gasteiger partial charge in [0.15, 0.2) is 0 Å². The molecule has 0 atom stereocenters. The zero-order chi connectivity index (χ0) is 21.2. The van der Waals surface area contributed by atoms with Crippen molar-refractivity contribution in [3.8, 4) is 5.88 Å². The molecule has 152 valence electrons. The van der Waals surface area contributed by atoms with Crippen LogP contribution in [0, 0.1) is 6.92 Å². The van der Waals surface area contributed by atoms with Crippen molar-refractivity contribution in [3.05, 3.63) is 50.2 Å². The average molecular weight is 408 g/mol. The first-order valence-corrected chi connectivity index (χ1v) is 10.1. The third-order valence-corrected chi connectivity index (χ3v) is 6.57. The minimum absolute atomic E-state index is 0.0894. The van der Waals surface area contributed by atoms with Crippen molar-refractivity contribution in [2.24, 2.45) is 19.1 Å². The molecule has 0 spiro atoms. The first kappa shape index (κ1) is 21.6. The van der Waals surface area contributed by atoms with Gasteiger partial charge < -0.3 is 5.11 Å². The van der Waals surface area contributed by atoms with Gasteiger partial charge in [0.05, 0.1) is 10.6 Å². The van der Waals surface area contributed by atoms with Gasteiger partial charge in [-0.2, -0.15) is 4.31 Å². The summed E-state index contributed by atoms with van der Waals surface area (Å²) in [7, 11) is -1.03. The average Bonchev–Trinajstić information content (AvgIpc) is 2.66. The minimum Gasteiger partial charge on any atom is -0.494 e. The molecule has 0 bridgehead atoms. The summed E-state index contributed by atoms with van der Waals surface area (Å²) in [4.78, 5) is 28.4. The van der Waals surface area contributed by atoms with E-state index in [9.17, 15) is 23.1 Å². The number of nitrogens with zero attached hydrogens (tertiary/aromatic N) is 4. The van der Waals surface area contributed by atoms with E-state index in [1.165, 1.54) is 30.5 Å². The Kier molecular flexibility index (Phi) is 6.25. The van der Waals surface area contributed by atoms with Crippen molar-refractivity contribution in [2.45, 2.75) is 25.7 Å². The molecule has 2 aromatic rings. The molecule has 1 aromatic carbocycles. The molecule has 1 aromatic heterocycles. The second-order valence-corrected chi connectivity index (χ2v) is 8.18. The maximum atomic E-state index is 12.7. The molecular formula is C18H24N4O5S. The van der Waals surface area contributed by atoms with Crippen LogP contribution >= 0.6 is 0 Å². The molecule has 2 rings (SSSR count). The Balaban J connectivity index is 2.58. The van der Waals surface area contributed by atoms with Crippen LogP contribution in [0.4, 0.5) is 5.69 Å². The molecule has 0 aliphatic heterocycles. The summed E-state index contributed by atoms with van der Waals surface area (Å²) in [5.41, 5.74) is -0.502. The van der Waals surface area contributed by atoms with E-state index in [-0.39, 0.29) is 10.5 Å². The topological polar surface area (TPSA) is 114 Å². The quantitative estimate of drug-likeness (QED) is 0.713. The van der Waals surface area contributed by atoms with E-state index in [0.717, 1.165) is 15.3 Å². The van der Waals surface area contributed by atoms with Crippen molar-refractivity contribution >= 4 is 21.9 Å². The lowest BCUT2D eigenvalue weighted by molar-refractivity contribution is 0.410. The van der Waals surface area contributed by atoms with Gasteiger partial charge in [0.25, 0.3) is 5.56 Å². The third-order valence-electron chi connectivity index (χ3n) is 4.52. The van der Waals surface area contributed by atoms with Crippen LogP contribution in [0.3, 0.4) is 0 Å². The lowest BCUT2D eigenvalue weighted by Gasteiger charge is -2.18. The van der Waals surface area contributed by atoms with Crippen LogP contribution in [0.5, 0.6) is 5.88 Å². The highest BCUT2D eigenvalue weighted by Gasteiger charge is 2.22. The molecule has 0 fully saturated rings. The fraction of sp³-hybridized carbons (Fsp3) is 0.389. The Morgan fingerprint density at radius 2 is 1.75 bits per heavy atom. The molecule has 0 aliphatic rings. The number of aromatic nitrogens is 2. The smallest absolute Gasteiger partial charge is 0.333 e. The Morgan fingerprint density at radius 1 is 1.14 bits per heavy atom. The van der Waals surface area contributed by atoms with Crippen LogP contribution in [0.2, 0.25) is 0 Å². The lowest BCUT2D eigenvalue weighted by Crippen LogP contribution is -2.38. The van der Waals surface area contributed by atoms with E-state index in [4.69, 9.17) is 0 Å². The second-order valence-electron chi connectivity index (χ2n) is 6.24. The van der Waals surface area contributed by atoms with Crippen molar-refractivity contribution in [1.82, 2.24) is 13.4 Å². The van der Waals surface area contributed by atoms with Gasteiger partial charge in [-0.15, -0.1) is 0 Å². The second kappa shape index (κ2) is 8.11. The first-order valence-electron chi connectivity index (χ1n) is 8.70. The number of hydrogen-bond donors (Lipinski definition) is 1. The summed E-state index contributed by atoms with van der Waals surface area (Å²) in [6, 6.07) is 4.55. The number of aromatic hydroxyl groups is 1. The Morgan fingerprint density at radius 3 is 2.32 bits per heavy atom. The van der Waals surface area contributed by atoms with Crippen LogP contribution < -0.4 is 11.2 Å². The normalized spacial score (nSPS) is 12.2. The van der Waals surface area contributed by atoms with Gasteiger partial charge in [0.1, 0.15) is 5.56 Å². The van der Waals surface area contributed by atoms with Crippen LogP contribution in [0.25, 0.3) is 0 Å². The van der Waals surface area contributed by atoms with E-state index in [2.05, 4.69) is 4.99 Å². The van der Waals surface area contributed by atoms with Crippen molar-refractivity contribution in [1.29, 1.82) is 0 Å². The predicted octanol–water partition coefficient (Wildman–Crippen LogP) is 0.879. The van der Waals surface area contributed by atoms with Crippen LogP contribution in [-0.2, 0) is 24.1 Å². The molecule has 0 saturated heterocycles. The van der Waals surface area contributed by atoms with E-state index in [1.54, 1.807) is 26.8 Å². The van der Waals surface area contributed by atoms with Gasteiger partial charge in [-0.05, 0) is 24.6 Å². The number of aliphatic imine (C=N–C) groups is 1. The zero-order valence-electron chi connectivity index (χ0n) is 16.5. The van der Waals surface area contributed by atoms with E-state index in [0.29, 0.717) is 24.3 Å². The highest BCUT2D eigenvalue weighted by Crippen LogP contribution is 2.25. The molecule has 1 heterocycles. The zero-order valence-corrected chi connectivity index (χ0v) is 17.3. The van der Waals surface area contributed by atoms with Gasteiger partial charge in [0, 0.05) is 33.4 Å². The van der Waals surface area contributed by atoms with Gasteiger partial charge >= 0.3 is 5.69 Å². The summed E-state index contributed by atoms with van der Waals surface area (Å²) in [6.45, 7) is 5.94. The summed E-state index contributed by atoms with van der Waals surface area (Å²) < 4.78 is 28.5. The van der Waals surface area contributed by atoms with Crippen molar-refractivity contribution in [2.75, 3.05) is 13.1 Å². The molecule has 1 N–H and O–H groups in total. The number of rotatable bonds is 6. The summed E-state index contributed by atoms with van der Waals surface area (Å²) >= 11 is 0. The molecule has 10 heteroatoms. The maximum absolute atomic E-state index is 12.7. The van der Waals surface area contributed by atoms with Crippen molar-refractivity contribution in [3.63, 3.8) is 0 Å². The Labute approximate surface area is 163 Å². The minimum atomic E-state index is -3.66. The van der Waals surface area contributed by atoms with Crippen LogP contribution in [0.1, 0.15) is 25.0 Å².